The van der Waals surface area contributed by atoms with E-state index in [1.807, 2.05) is 0 Å². The van der Waals surface area contributed by atoms with Crippen LogP contribution >= 0.6 is 0 Å². The van der Waals surface area contributed by atoms with Gasteiger partial charge in [0.05, 0.1) is 11.8 Å². The summed E-state index contributed by atoms with van der Waals surface area (Å²) < 4.78 is 42.2. The third-order valence-corrected chi connectivity index (χ3v) is 3.12. The summed E-state index contributed by atoms with van der Waals surface area (Å²) in [7, 11) is 0. The molecule has 0 aliphatic heterocycles. The van der Waals surface area contributed by atoms with Crippen molar-refractivity contribution in [2.75, 3.05) is 5.32 Å². The maximum absolute atomic E-state index is 12.1. The van der Waals surface area contributed by atoms with Gasteiger partial charge in [0.2, 0.25) is 5.91 Å². The van der Waals surface area contributed by atoms with Gasteiger partial charge in [-0.25, -0.2) is 0 Å². The quantitative estimate of drug-likeness (QED) is 0.912. The molecule has 3 nitrogen and oxygen atoms in total. The molecule has 0 atom stereocenters. The van der Waals surface area contributed by atoms with Gasteiger partial charge in [-0.1, -0.05) is 12.1 Å². The van der Waals surface area contributed by atoms with Crippen molar-refractivity contribution in [3.63, 3.8) is 0 Å². The molecule has 1 saturated carbocycles. The Hall–Kier alpha value is -1.72. The van der Waals surface area contributed by atoms with Gasteiger partial charge in [0.15, 0.2) is 0 Å². The standard InChI is InChI=1S/C14H16F3NO2/c15-14(16,17)9-13(19)18-11-7-3-4-8-12(11)20-10-5-1-2-6-10/h3-4,7-8,10H,1-2,5-6,9H2,(H,18,19). The van der Waals surface area contributed by atoms with E-state index in [0.29, 0.717) is 5.75 Å². The summed E-state index contributed by atoms with van der Waals surface area (Å²) in [5, 5.41) is 2.26. The van der Waals surface area contributed by atoms with Crippen LogP contribution in [0.15, 0.2) is 24.3 Å². The average molecular weight is 287 g/mol. The van der Waals surface area contributed by atoms with Crippen LogP contribution in [0.3, 0.4) is 0 Å². The van der Waals surface area contributed by atoms with Gasteiger partial charge in [0, 0.05) is 0 Å². The number of para-hydroxylation sites is 2. The van der Waals surface area contributed by atoms with Crippen LogP contribution < -0.4 is 10.1 Å². The number of amides is 1. The second-order valence-electron chi connectivity index (χ2n) is 4.86. The zero-order chi connectivity index (χ0) is 14.6. The van der Waals surface area contributed by atoms with Gasteiger partial charge in [0.25, 0.3) is 0 Å². The van der Waals surface area contributed by atoms with Crippen LogP contribution in [0.4, 0.5) is 18.9 Å². The molecule has 1 N–H and O–H groups in total. The van der Waals surface area contributed by atoms with Gasteiger partial charge in [-0.2, -0.15) is 13.2 Å². The minimum Gasteiger partial charge on any atom is -0.488 e. The summed E-state index contributed by atoms with van der Waals surface area (Å²) in [6.07, 6.45) is -1.87. The molecule has 1 aromatic carbocycles. The number of nitrogens with one attached hydrogen (secondary N) is 1. The minimum absolute atomic E-state index is 0.0793. The fourth-order valence-electron chi connectivity index (χ4n) is 2.23. The van der Waals surface area contributed by atoms with Crippen molar-refractivity contribution in [2.45, 2.75) is 44.4 Å². The number of benzene rings is 1. The van der Waals surface area contributed by atoms with Gasteiger partial charge in [-0.15, -0.1) is 0 Å². The van der Waals surface area contributed by atoms with E-state index in [2.05, 4.69) is 5.32 Å². The molecular formula is C14H16F3NO2. The summed E-state index contributed by atoms with van der Waals surface area (Å²) in [5.41, 5.74) is 0.286. The first-order chi connectivity index (χ1) is 9.44. The predicted octanol–water partition coefficient (Wildman–Crippen LogP) is 3.90. The largest absolute Gasteiger partial charge is 0.488 e. The van der Waals surface area contributed by atoms with Gasteiger partial charge in [0.1, 0.15) is 12.2 Å². The van der Waals surface area contributed by atoms with Crippen LogP contribution in [-0.4, -0.2) is 18.2 Å². The summed E-state index contributed by atoms with van der Waals surface area (Å²) in [6, 6.07) is 6.56. The number of ether oxygens (including phenoxy) is 1. The zero-order valence-electron chi connectivity index (χ0n) is 10.9. The topological polar surface area (TPSA) is 38.3 Å². The number of hydrogen-bond acceptors (Lipinski definition) is 2. The molecule has 0 unspecified atom stereocenters. The van der Waals surface area contributed by atoms with Crippen LogP contribution in [0.2, 0.25) is 0 Å². The smallest absolute Gasteiger partial charge is 0.397 e. The van der Waals surface area contributed by atoms with Gasteiger partial charge >= 0.3 is 6.18 Å². The van der Waals surface area contributed by atoms with Crippen molar-refractivity contribution in [2.24, 2.45) is 0 Å². The Labute approximate surface area is 115 Å². The average Bonchev–Trinajstić information content (AvgIpc) is 2.82. The highest BCUT2D eigenvalue weighted by atomic mass is 19.4. The molecule has 1 amide bonds. The molecule has 1 aliphatic rings. The van der Waals surface area contributed by atoms with E-state index in [0.717, 1.165) is 25.7 Å². The molecule has 0 bridgehead atoms. The normalized spacial score (nSPS) is 16.1. The Kier molecular flexibility index (Phi) is 4.52. The lowest BCUT2D eigenvalue weighted by Crippen LogP contribution is -2.22. The second kappa shape index (κ2) is 6.15. The van der Waals surface area contributed by atoms with Gasteiger partial charge in [-0.05, 0) is 37.8 Å². The number of alkyl halides is 3. The molecule has 0 heterocycles. The fourth-order valence-corrected chi connectivity index (χ4v) is 2.23. The maximum Gasteiger partial charge on any atom is 0.397 e. The van der Waals surface area contributed by atoms with Crippen molar-refractivity contribution < 1.29 is 22.7 Å². The Morgan fingerprint density at radius 3 is 2.55 bits per heavy atom. The summed E-state index contributed by atoms with van der Waals surface area (Å²) >= 11 is 0. The van der Waals surface area contributed by atoms with Crippen LogP contribution in [0.1, 0.15) is 32.1 Å². The molecule has 6 heteroatoms. The van der Waals surface area contributed by atoms with Crippen molar-refractivity contribution in [1.82, 2.24) is 0 Å². The minimum atomic E-state index is -4.51. The van der Waals surface area contributed by atoms with Crippen LogP contribution in [0.25, 0.3) is 0 Å². The van der Waals surface area contributed by atoms with Crippen molar-refractivity contribution in [3.8, 4) is 5.75 Å². The molecule has 1 aromatic rings. The number of carbonyl (C=O) groups is 1. The molecule has 2 rings (SSSR count). The summed E-state index contributed by atoms with van der Waals surface area (Å²) in [6.45, 7) is 0. The second-order valence-corrected chi connectivity index (χ2v) is 4.86. The van der Waals surface area contributed by atoms with E-state index in [-0.39, 0.29) is 11.8 Å². The van der Waals surface area contributed by atoms with Crippen molar-refractivity contribution >= 4 is 11.6 Å². The van der Waals surface area contributed by atoms with E-state index in [1.54, 1.807) is 24.3 Å². The number of halogens is 3. The highest BCUT2D eigenvalue weighted by Gasteiger charge is 2.31. The lowest BCUT2D eigenvalue weighted by molar-refractivity contribution is -0.150. The molecule has 20 heavy (non-hydrogen) atoms. The first-order valence-corrected chi connectivity index (χ1v) is 6.56. The third-order valence-electron chi connectivity index (χ3n) is 3.12. The fraction of sp³-hybridized carbons (Fsp3) is 0.500. The molecule has 110 valence electrons. The molecule has 0 saturated heterocycles. The SMILES string of the molecule is O=C(CC(F)(F)F)Nc1ccccc1OC1CCCC1. The number of hydrogen-bond donors (Lipinski definition) is 1. The molecule has 0 aromatic heterocycles. The summed E-state index contributed by atoms with van der Waals surface area (Å²) in [5.74, 6) is -0.658. The van der Waals surface area contributed by atoms with Crippen LogP contribution in [0, 0.1) is 0 Å². The molecule has 1 aliphatic carbocycles. The number of anilines is 1. The van der Waals surface area contributed by atoms with Gasteiger partial charge in [-0.3, -0.25) is 4.79 Å². The monoisotopic (exact) mass is 287 g/mol. The molecule has 0 spiro atoms. The molecule has 1 fully saturated rings. The number of rotatable bonds is 4. The summed E-state index contributed by atoms with van der Waals surface area (Å²) in [4.78, 5) is 11.3. The Balaban J connectivity index is 2.01. The van der Waals surface area contributed by atoms with E-state index in [4.69, 9.17) is 4.74 Å². The van der Waals surface area contributed by atoms with E-state index >= 15 is 0 Å². The highest BCUT2D eigenvalue weighted by Crippen LogP contribution is 2.30. The Bertz CT molecular complexity index is 468. The number of carbonyl (C=O) groups excluding carboxylic acids is 1. The Morgan fingerprint density at radius 2 is 1.90 bits per heavy atom. The Morgan fingerprint density at radius 1 is 1.25 bits per heavy atom. The maximum atomic E-state index is 12.1. The zero-order valence-corrected chi connectivity index (χ0v) is 10.9. The predicted molar refractivity (Wildman–Crippen MR) is 68.6 cm³/mol. The highest BCUT2D eigenvalue weighted by molar-refractivity contribution is 5.92. The first kappa shape index (κ1) is 14.7. The van der Waals surface area contributed by atoms with E-state index in [1.165, 1.54) is 0 Å². The van der Waals surface area contributed by atoms with Crippen LogP contribution in [0.5, 0.6) is 5.75 Å². The van der Waals surface area contributed by atoms with Gasteiger partial charge < -0.3 is 10.1 Å². The van der Waals surface area contributed by atoms with E-state index in [9.17, 15) is 18.0 Å². The first-order valence-electron chi connectivity index (χ1n) is 6.56. The van der Waals surface area contributed by atoms with Crippen LogP contribution in [-0.2, 0) is 4.79 Å². The van der Waals surface area contributed by atoms with E-state index < -0.39 is 18.5 Å². The molecular weight excluding hydrogens is 271 g/mol. The van der Waals surface area contributed by atoms with Crippen molar-refractivity contribution in [3.05, 3.63) is 24.3 Å². The third kappa shape index (κ3) is 4.43. The molecule has 0 radical (unpaired) electrons. The lowest BCUT2D eigenvalue weighted by Gasteiger charge is -2.17. The van der Waals surface area contributed by atoms with Crippen molar-refractivity contribution in [1.29, 1.82) is 0 Å². The lowest BCUT2D eigenvalue weighted by atomic mass is 10.2.